The van der Waals surface area contributed by atoms with Crippen LogP contribution in [0.25, 0.3) is 0 Å². The van der Waals surface area contributed by atoms with E-state index in [1.807, 2.05) is 0 Å². The fourth-order valence-corrected chi connectivity index (χ4v) is 3.17. The molecule has 23 heavy (non-hydrogen) atoms. The average molecular weight is 367 g/mol. The van der Waals surface area contributed by atoms with E-state index in [1.54, 1.807) is 6.07 Å². The molecule has 0 aliphatic rings. The Morgan fingerprint density at radius 1 is 1.04 bits per heavy atom. The Bertz CT molecular complexity index is 819. The molecule has 0 fully saturated rings. The van der Waals surface area contributed by atoms with Crippen LogP contribution in [-0.2, 0) is 16.3 Å². The van der Waals surface area contributed by atoms with E-state index in [2.05, 4.69) is 0 Å². The molecular formula is C14H10ClF3O4S. The van der Waals surface area contributed by atoms with E-state index in [-0.39, 0.29) is 16.5 Å². The molecule has 0 aliphatic carbocycles. The number of hydrogen-bond acceptors (Lipinski definition) is 4. The van der Waals surface area contributed by atoms with Gasteiger partial charge in [0.25, 0.3) is 0 Å². The minimum absolute atomic E-state index is 0.110. The lowest BCUT2D eigenvalue weighted by Crippen LogP contribution is -2.13. The third-order valence-electron chi connectivity index (χ3n) is 2.80. The molecule has 0 saturated carbocycles. The molecule has 2 aromatic rings. The van der Waals surface area contributed by atoms with Gasteiger partial charge in [0.1, 0.15) is 4.90 Å². The zero-order valence-corrected chi connectivity index (χ0v) is 13.2. The first kappa shape index (κ1) is 17.4. The van der Waals surface area contributed by atoms with E-state index in [0.29, 0.717) is 12.1 Å². The van der Waals surface area contributed by atoms with Crippen LogP contribution < -0.4 is 8.92 Å². The Hall–Kier alpha value is -1.93. The highest BCUT2D eigenvalue weighted by molar-refractivity contribution is 7.87. The van der Waals surface area contributed by atoms with Crippen molar-refractivity contribution in [2.24, 2.45) is 0 Å². The van der Waals surface area contributed by atoms with Gasteiger partial charge >= 0.3 is 16.3 Å². The summed E-state index contributed by atoms with van der Waals surface area (Å²) < 4.78 is 72.5. The Morgan fingerprint density at radius 3 is 2.22 bits per heavy atom. The van der Waals surface area contributed by atoms with Crippen LogP contribution in [0.15, 0.2) is 47.4 Å². The van der Waals surface area contributed by atoms with Crippen LogP contribution in [0.1, 0.15) is 5.56 Å². The van der Waals surface area contributed by atoms with Crippen LogP contribution in [0, 0.1) is 0 Å². The maximum atomic E-state index is 12.7. The summed E-state index contributed by atoms with van der Waals surface area (Å²) in [5, 5.41) is -0.382. The van der Waals surface area contributed by atoms with Crippen molar-refractivity contribution in [3.8, 4) is 11.5 Å². The van der Waals surface area contributed by atoms with Crippen LogP contribution in [0.5, 0.6) is 11.5 Å². The van der Waals surface area contributed by atoms with Crippen LogP contribution >= 0.6 is 11.6 Å². The zero-order chi connectivity index (χ0) is 17.3. The number of benzene rings is 2. The molecule has 0 unspecified atom stereocenters. The molecule has 4 nitrogen and oxygen atoms in total. The van der Waals surface area contributed by atoms with Crippen LogP contribution in [0.2, 0.25) is 5.02 Å². The van der Waals surface area contributed by atoms with Crippen molar-refractivity contribution in [3.05, 3.63) is 53.1 Å². The van der Waals surface area contributed by atoms with Gasteiger partial charge in [0.2, 0.25) is 0 Å². The fourth-order valence-electron chi connectivity index (χ4n) is 1.72. The second-order valence-corrected chi connectivity index (χ2v) is 6.25. The third kappa shape index (κ3) is 3.89. The molecule has 2 rings (SSSR count). The first-order valence-electron chi connectivity index (χ1n) is 6.09. The number of methoxy groups -OCH3 is 1. The first-order chi connectivity index (χ1) is 10.6. The molecule has 0 amide bonds. The highest BCUT2D eigenvalue weighted by Gasteiger charge is 2.33. The summed E-state index contributed by atoms with van der Waals surface area (Å²) in [6, 6.07) is 7.77. The van der Waals surface area contributed by atoms with Gasteiger partial charge in [-0.15, -0.1) is 0 Å². The van der Waals surface area contributed by atoms with E-state index in [9.17, 15) is 21.6 Å². The monoisotopic (exact) mass is 366 g/mol. The SMILES string of the molecule is COc1ccccc1OS(=O)(=O)c1cc(C(F)(F)F)ccc1Cl. The Labute approximate surface area is 135 Å². The highest BCUT2D eigenvalue weighted by atomic mass is 35.5. The van der Waals surface area contributed by atoms with E-state index in [1.165, 1.54) is 25.3 Å². The molecule has 9 heteroatoms. The Morgan fingerprint density at radius 2 is 1.65 bits per heavy atom. The molecule has 0 aliphatic heterocycles. The quantitative estimate of drug-likeness (QED) is 0.763. The smallest absolute Gasteiger partial charge is 0.416 e. The van der Waals surface area contributed by atoms with Gasteiger partial charge in [-0.3, -0.25) is 0 Å². The zero-order valence-electron chi connectivity index (χ0n) is 11.6. The summed E-state index contributed by atoms with van der Waals surface area (Å²) in [5.41, 5.74) is -1.15. The summed E-state index contributed by atoms with van der Waals surface area (Å²) >= 11 is 5.71. The lowest BCUT2D eigenvalue weighted by molar-refractivity contribution is -0.137. The summed E-state index contributed by atoms with van der Waals surface area (Å²) in [5.74, 6) is -0.0531. The predicted molar refractivity (Wildman–Crippen MR) is 77.3 cm³/mol. The maximum absolute atomic E-state index is 12.7. The van der Waals surface area contributed by atoms with Gasteiger partial charge in [-0.05, 0) is 30.3 Å². The van der Waals surface area contributed by atoms with Crippen molar-refractivity contribution < 1.29 is 30.5 Å². The van der Waals surface area contributed by atoms with Crippen molar-refractivity contribution in [1.82, 2.24) is 0 Å². The number of rotatable bonds is 4. The summed E-state index contributed by atoms with van der Waals surface area (Å²) in [6.45, 7) is 0. The van der Waals surface area contributed by atoms with Gasteiger partial charge in [-0.2, -0.15) is 21.6 Å². The van der Waals surface area contributed by atoms with Crippen LogP contribution in [-0.4, -0.2) is 15.5 Å². The lowest BCUT2D eigenvalue weighted by atomic mass is 10.2. The number of hydrogen-bond donors (Lipinski definition) is 0. The van der Waals surface area contributed by atoms with Crippen LogP contribution in [0.4, 0.5) is 13.2 Å². The molecule has 0 bridgehead atoms. The second kappa shape index (κ2) is 6.29. The Kier molecular flexibility index (Phi) is 4.76. The number of alkyl halides is 3. The van der Waals surface area contributed by atoms with Gasteiger partial charge in [0, 0.05) is 0 Å². The van der Waals surface area contributed by atoms with Crippen LogP contribution in [0.3, 0.4) is 0 Å². The maximum Gasteiger partial charge on any atom is 0.416 e. The van der Waals surface area contributed by atoms with Crippen molar-refractivity contribution in [2.75, 3.05) is 7.11 Å². The van der Waals surface area contributed by atoms with E-state index in [4.69, 9.17) is 20.5 Å². The molecule has 0 spiro atoms. The molecule has 0 atom stereocenters. The third-order valence-corrected chi connectivity index (χ3v) is 4.51. The van der Waals surface area contributed by atoms with Crippen molar-refractivity contribution in [3.63, 3.8) is 0 Å². The standard InChI is InChI=1S/C14H10ClF3O4S/c1-21-11-4-2-3-5-12(11)22-23(19,20)13-8-9(14(16,17)18)6-7-10(13)15/h2-8H,1H3. The van der Waals surface area contributed by atoms with Gasteiger partial charge in [-0.1, -0.05) is 23.7 Å². The summed E-state index contributed by atoms with van der Waals surface area (Å²) in [7, 11) is -3.27. The van der Waals surface area contributed by atoms with Crippen molar-refractivity contribution in [2.45, 2.75) is 11.1 Å². The number of halogens is 4. The minimum atomic E-state index is -4.71. The first-order valence-corrected chi connectivity index (χ1v) is 7.88. The Balaban J connectivity index is 2.48. The normalized spacial score (nSPS) is 12.0. The molecule has 0 heterocycles. The second-order valence-electron chi connectivity index (χ2n) is 4.33. The molecule has 124 valence electrons. The topological polar surface area (TPSA) is 52.6 Å². The minimum Gasteiger partial charge on any atom is -0.493 e. The summed E-state index contributed by atoms with van der Waals surface area (Å²) in [6.07, 6.45) is -4.71. The number of para-hydroxylation sites is 2. The van der Waals surface area contributed by atoms with Gasteiger partial charge in [0.05, 0.1) is 17.7 Å². The molecule has 0 radical (unpaired) electrons. The fraction of sp³-hybridized carbons (Fsp3) is 0.143. The van der Waals surface area contributed by atoms with E-state index in [0.717, 1.165) is 6.07 Å². The van der Waals surface area contributed by atoms with Crippen molar-refractivity contribution in [1.29, 1.82) is 0 Å². The molecule has 2 aromatic carbocycles. The molecule has 0 saturated heterocycles. The molecule has 0 aromatic heterocycles. The molecule has 0 N–H and O–H groups in total. The van der Waals surface area contributed by atoms with Gasteiger partial charge in [0.15, 0.2) is 11.5 Å². The van der Waals surface area contributed by atoms with E-state index < -0.39 is 26.8 Å². The lowest BCUT2D eigenvalue weighted by Gasteiger charge is -2.13. The van der Waals surface area contributed by atoms with Gasteiger partial charge < -0.3 is 8.92 Å². The highest BCUT2D eigenvalue weighted by Crippen LogP contribution is 2.35. The molecular weight excluding hydrogens is 357 g/mol. The van der Waals surface area contributed by atoms with Gasteiger partial charge in [-0.25, -0.2) is 0 Å². The summed E-state index contributed by atoms with van der Waals surface area (Å²) in [4.78, 5) is -0.778. The predicted octanol–water partition coefficient (Wildman–Crippen LogP) is 4.14. The van der Waals surface area contributed by atoms with Crippen molar-refractivity contribution >= 4 is 21.7 Å². The average Bonchev–Trinajstić information content (AvgIpc) is 2.46. The number of ether oxygens (including phenoxy) is 1. The largest absolute Gasteiger partial charge is 0.493 e. The van der Waals surface area contributed by atoms with E-state index >= 15 is 0 Å².